The molecular formula is C29H31N3O3. The summed E-state index contributed by atoms with van der Waals surface area (Å²) < 4.78 is 2.09. The molecule has 4 amide bonds. The molecule has 1 N–H and O–H groups in total. The molecule has 1 aromatic heterocycles. The Labute approximate surface area is 206 Å². The molecule has 35 heavy (non-hydrogen) atoms. The lowest BCUT2D eigenvalue weighted by Gasteiger charge is -2.26. The number of aromatic nitrogens is 1. The van der Waals surface area contributed by atoms with Crippen molar-refractivity contribution in [1.29, 1.82) is 0 Å². The van der Waals surface area contributed by atoms with Crippen LogP contribution in [0.4, 0.5) is 10.5 Å². The molecule has 0 unspecified atom stereocenters. The van der Waals surface area contributed by atoms with Gasteiger partial charge in [0.05, 0.1) is 5.69 Å². The first kappa shape index (κ1) is 24.2. The van der Waals surface area contributed by atoms with Gasteiger partial charge in [-0.15, -0.1) is 0 Å². The van der Waals surface area contributed by atoms with E-state index in [4.69, 9.17) is 0 Å². The maximum absolute atomic E-state index is 13.3. The summed E-state index contributed by atoms with van der Waals surface area (Å²) in [5.74, 6) is -0.947. The van der Waals surface area contributed by atoms with Crippen LogP contribution in [0.2, 0.25) is 0 Å². The minimum absolute atomic E-state index is 0.0721. The van der Waals surface area contributed by atoms with Crippen LogP contribution in [0.15, 0.2) is 60.2 Å². The molecule has 6 heteroatoms. The highest BCUT2D eigenvalue weighted by Gasteiger charge is 2.37. The summed E-state index contributed by atoms with van der Waals surface area (Å²) in [7, 11) is 0. The fourth-order valence-electron chi connectivity index (χ4n) is 4.45. The first-order chi connectivity index (χ1) is 16.7. The Hall–Kier alpha value is -3.93. The fraction of sp³-hybridized carbons (Fsp3) is 0.276. The second-order valence-corrected chi connectivity index (χ2v) is 9.04. The van der Waals surface area contributed by atoms with Gasteiger partial charge in [-0.3, -0.25) is 14.9 Å². The lowest BCUT2D eigenvalue weighted by atomic mass is 9.98. The van der Waals surface area contributed by atoms with Gasteiger partial charge in [0.2, 0.25) is 0 Å². The summed E-state index contributed by atoms with van der Waals surface area (Å²) in [4.78, 5) is 39.6. The van der Waals surface area contributed by atoms with E-state index in [-0.39, 0.29) is 5.57 Å². The van der Waals surface area contributed by atoms with Crippen molar-refractivity contribution in [2.24, 2.45) is 0 Å². The lowest BCUT2D eigenvalue weighted by molar-refractivity contribution is -0.122. The smallest absolute Gasteiger partial charge is 0.318 e. The molecule has 2 aromatic carbocycles. The normalized spacial score (nSPS) is 16.1. The molecule has 1 atom stereocenters. The average Bonchev–Trinajstić information content (AvgIpc) is 3.14. The number of hydrogen-bond acceptors (Lipinski definition) is 3. The molecule has 1 saturated heterocycles. The zero-order valence-electron chi connectivity index (χ0n) is 20.9. The number of nitrogens with one attached hydrogen (secondary N) is 1. The second-order valence-electron chi connectivity index (χ2n) is 9.04. The predicted molar refractivity (Wildman–Crippen MR) is 139 cm³/mol. The standard InChI is InChI=1S/C29H31N3O3/c1-6-18(3)22-10-14-25(15-11-22)32-28(34)26(27(33)30-29(32)35)17-23-16-19(4)31(20(23)5)24-12-8-21(7-2)9-13-24/h8-18H,6-7H2,1-5H3,(H,30,33,35)/b26-17+/t18-/m0/s1. The van der Waals surface area contributed by atoms with Crippen LogP contribution < -0.4 is 10.2 Å². The van der Waals surface area contributed by atoms with Gasteiger partial charge >= 0.3 is 6.03 Å². The summed E-state index contributed by atoms with van der Waals surface area (Å²) in [6, 6.07) is 16.9. The van der Waals surface area contributed by atoms with Crippen LogP contribution >= 0.6 is 0 Å². The minimum Gasteiger partial charge on any atom is -0.318 e. The third-order valence-electron chi connectivity index (χ3n) is 6.81. The highest BCUT2D eigenvalue weighted by Crippen LogP contribution is 2.28. The van der Waals surface area contributed by atoms with Crippen LogP contribution in [0, 0.1) is 13.8 Å². The van der Waals surface area contributed by atoms with Crippen LogP contribution in [-0.4, -0.2) is 22.4 Å². The highest BCUT2D eigenvalue weighted by atomic mass is 16.2. The van der Waals surface area contributed by atoms with Crippen molar-refractivity contribution in [3.63, 3.8) is 0 Å². The van der Waals surface area contributed by atoms with Crippen LogP contribution in [0.5, 0.6) is 0 Å². The number of amides is 4. The van der Waals surface area contributed by atoms with E-state index in [2.05, 4.69) is 54.9 Å². The molecule has 1 aliphatic heterocycles. The number of nitrogens with zero attached hydrogens (tertiary/aromatic N) is 2. The molecule has 0 aliphatic carbocycles. The van der Waals surface area contributed by atoms with E-state index in [0.717, 1.165) is 45.9 Å². The van der Waals surface area contributed by atoms with Crippen molar-refractivity contribution in [2.45, 2.75) is 53.4 Å². The lowest BCUT2D eigenvalue weighted by Crippen LogP contribution is -2.54. The van der Waals surface area contributed by atoms with Crippen LogP contribution in [0.1, 0.15) is 61.2 Å². The van der Waals surface area contributed by atoms with Gasteiger partial charge in [-0.05, 0) is 85.7 Å². The number of carbonyl (C=O) groups is 3. The summed E-state index contributed by atoms with van der Waals surface area (Å²) in [5, 5.41) is 2.31. The van der Waals surface area contributed by atoms with Gasteiger partial charge in [-0.1, -0.05) is 45.0 Å². The molecule has 0 bridgehead atoms. The maximum atomic E-state index is 13.3. The fourth-order valence-corrected chi connectivity index (χ4v) is 4.45. The Morgan fingerprint density at radius 2 is 1.54 bits per heavy atom. The molecule has 0 radical (unpaired) electrons. The van der Waals surface area contributed by atoms with E-state index >= 15 is 0 Å². The van der Waals surface area contributed by atoms with E-state index in [0.29, 0.717) is 11.6 Å². The Balaban J connectivity index is 1.69. The minimum atomic E-state index is -0.741. The van der Waals surface area contributed by atoms with E-state index < -0.39 is 17.8 Å². The topological polar surface area (TPSA) is 71.4 Å². The van der Waals surface area contributed by atoms with Gasteiger partial charge in [-0.2, -0.15) is 0 Å². The van der Waals surface area contributed by atoms with Crippen molar-refractivity contribution in [1.82, 2.24) is 9.88 Å². The number of benzene rings is 2. The molecule has 3 aromatic rings. The van der Waals surface area contributed by atoms with E-state index in [1.54, 1.807) is 18.2 Å². The third-order valence-corrected chi connectivity index (χ3v) is 6.81. The Kier molecular flexibility index (Phi) is 6.74. The first-order valence-electron chi connectivity index (χ1n) is 12.0. The summed E-state index contributed by atoms with van der Waals surface area (Å²) in [6.07, 6.45) is 3.53. The number of urea groups is 1. The third kappa shape index (κ3) is 4.56. The van der Waals surface area contributed by atoms with E-state index in [1.165, 1.54) is 5.56 Å². The number of hydrogen-bond donors (Lipinski definition) is 1. The zero-order valence-corrected chi connectivity index (χ0v) is 20.9. The monoisotopic (exact) mass is 469 g/mol. The van der Waals surface area contributed by atoms with Gasteiger partial charge in [-0.25, -0.2) is 9.69 Å². The summed E-state index contributed by atoms with van der Waals surface area (Å²) >= 11 is 0. The molecule has 1 aliphatic rings. The average molecular weight is 470 g/mol. The highest BCUT2D eigenvalue weighted by molar-refractivity contribution is 6.39. The maximum Gasteiger partial charge on any atom is 0.335 e. The summed E-state index contributed by atoms with van der Waals surface area (Å²) in [6.45, 7) is 10.3. The Morgan fingerprint density at radius 1 is 0.914 bits per heavy atom. The van der Waals surface area contributed by atoms with Crippen LogP contribution in [0.3, 0.4) is 0 Å². The molecule has 6 nitrogen and oxygen atoms in total. The molecule has 2 heterocycles. The first-order valence-corrected chi connectivity index (χ1v) is 12.0. The molecular weight excluding hydrogens is 438 g/mol. The van der Waals surface area contributed by atoms with Crippen molar-refractivity contribution >= 4 is 29.6 Å². The van der Waals surface area contributed by atoms with Gasteiger partial charge in [0.1, 0.15) is 5.57 Å². The number of anilines is 1. The Bertz CT molecular complexity index is 1310. The van der Waals surface area contributed by atoms with E-state index in [1.807, 2.05) is 32.0 Å². The van der Waals surface area contributed by atoms with Crippen molar-refractivity contribution in [3.8, 4) is 5.69 Å². The van der Waals surface area contributed by atoms with Crippen molar-refractivity contribution < 1.29 is 14.4 Å². The van der Waals surface area contributed by atoms with Crippen LogP contribution in [0.25, 0.3) is 11.8 Å². The molecule has 180 valence electrons. The molecule has 0 spiro atoms. The molecule has 1 fully saturated rings. The number of aryl methyl sites for hydroxylation is 2. The van der Waals surface area contributed by atoms with Crippen LogP contribution in [-0.2, 0) is 16.0 Å². The SMILES string of the molecule is CCc1ccc(-n2c(C)cc(/C=C3\C(=O)NC(=O)N(c4ccc([C@@H](C)CC)cc4)C3=O)c2C)cc1. The number of barbiturate groups is 1. The number of rotatable bonds is 6. The summed E-state index contributed by atoms with van der Waals surface area (Å²) in [5.41, 5.74) is 6.40. The molecule has 4 rings (SSSR count). The van der Waals surface area contributed by atoms with Gasteiger partial charge in [0, 0.05) is 17.1 Å². The van der Waals surface area contributed by atoms with Gasteiger partial charge < -0.3 is 4.57 Å². The van der Waals surface area contributed by atoms with Crippen molar-refractivity contribution in [3.05, 3.63) is 88.2 Å². The number of carbonyl (C=O) groups excluding carboxylic acids is 3. The quantitative estimate of drug-likeness (QED) is 0.364. The predicted octanol–water partition coefficient (Wildman–Crippen LogP) is 5.84. The Morgan fingerprint density at radius 3 is 2.14 bits per heavy atom. The zero-order chi connectivity index (χ0) is 25.3. The second kappa shape index (κ2) is 9.74. The molecule has 0 saturated carbocycles. The van der Waals surface area contributed by atoms with E-state index in [9.17, 15) is 14.4 Å². The van der Waals surface area contributed by atoms with Gasteiger partial charge in [0.25, 0.3) is 11.8 Å². The largest absolute Gasteiger partial charge is 0.335 e. The van der Waals surface area contributed by atoms with Gasteiger partial charge in [0.15, 0.2) is 0 Å². The number of imide groups is 2. The van der Waals surface area contributed by atoms with Crippen molar-refractivity contribution in [2.75, 3.05) is 4.90 Å².